The lowest BCUT2D eigenvalue weighted by Crippen LogP contribution is -2.52. The van der Waals surface area contributed by atoms with E-state index >= 15 is 0 Å². The second-order valence-corrected chi connectivity index (χ2v) is 5.18. The molecule has 1 saturated heterocycles. The third-order valence-electron chi connectivity index (χ3n) is 3.82. The molecule has 2 aliphatic rings. The van der Waals surface area contributed by atoms with Crippen molar-refractivity contribution in [2.24, 2.45) is 0 Å². The highest BCUT2D eigenvalue weighted by Gasteiger charge is 2.38. The zero-order chi connectivity index (χ0) is 12.3. The van der Waals surface area contributed by atoms with Gasteiger partial charge < -0.3 is 15.3 Å². The van der Waals surface area contributed by atoms with E-state index in [0.717, 1.165) is 51.6 Å². The minimum Gasteiger partial charge on any atom is -0.481 e. The van der Waals surface area contributed by atoms with E-state index in [1.54, 1.807) is 4.90 Å². The van der Waals surface area contributed by atoms with Gasteiger partial charge >= 0.3 is 12.0 Å². The van der Waals surface area contributed by atoms with Crippen molar-refractivity contribution in [3.63, 3.8) is 0 Å². The van der Waals surface area contributed by atoms with E-state index < -0.39 is 11.5 Å². The molecule has 2 amide bonds. The molecule has 0 aromatic carbocycles. The number of rotatable bonds is 3. The van der Waals surface area contributed by atoms with Crippen LogP contribution in [-0.2, 0) is 4.79 Å². The van der Waals surface area contributed by atoms with E-state index in [9.17, 15) is 9.59 Å². The molecule has 2 rings (SSSR count). The molecule has 1 saturated carbocycles. The van der Waals surface area contributed by atoms with Gasteiger partial charge in [-0.3, -0.25) is 4.79 Å². The van der Waals surface area contributed by atoms with Gasteiger partial charge in [-0.05, 0) is 25.7 Å². The summed E-state index contributed by atoms with van der Waals surface area (Å²) in [6.07, 6.45) is 5.75. The van der Waals surface area contributed by atoms with Crippen LogP contribution < -0.4 is 5.32 Å². The fraction of sp³-hybridized carbons (Fsp3) is 0.833. The Balaban J connectivity index is 1.97. The van der Waals surface area contributed by atoms with E-state index in [1.807, 2.05) is 0 Å². The van der Waals surface area contributed by atoms with Crippen molar-refractivity contribution in [2.45, 2.75) is 50.5 Å². The van der Waals surface area contributed by atoms with Crippen LogP contribution in [0.3, 0.4) is 0 Å². The fourth-order valence-corrected chi connectivity index (χ4v) is 2.91. The predicted octanol–water partition coefficient (Wildman–Crippen LogP) is 1.58. The molecule has 0 aromatic rings. The van der Waals surface area contributed by atoms with Crippen molar-refractivity contribution < 1.29 is 14.7 Å². The molecular formula is C12H20N2O3. The van der Waals surface area contributed by atoms with Crippen molar-refractivity contribution in [3.05, 3.63) is 0 Å². The zero-order valence-corrected chi connectivity index (χ0v) is 10.1. The standard InChI is InChI=1S/C12H20N2O3/c15-10(16)9-12(5-1-2-6-12)13-11(17)14-7-3-4-8-14/h1-9H2,(H,13,17)(H,15,16). The summed E-state index contributed by atoms with van der Waals surface area (Å²) in [6.45, 7) is 1.60. The number of carboxylic acid groups (broad SMARTS) is 1. The van der Waals surface area contributed by atoms with Gasteiger partial charge in [-0.15, -0.1) is 0 Å². The molecule has 1 aliphatic heterocycles. The quantitative estimate of drug-likeness (QED) is 0.786. The second-order valence-electron chi connectivity index (χ2n) is 5.18. The van der Waals surface area contributed by atoms with Crippen LogP contribution in [0.2, 0.25) is 0 Å². The van der Waals surface area contributed by atoms with Gasteiger partial charge in [-0.1, -0.05) is 12.8 Å². The van der Waals surface area contributed by atoms with E-state index in [-0.39, 0.29) is 12.5 Å². The lowest BCUT2D eigenvalue weighted by atomic mass is 9.93. The number of carbonyl (C=O) groups excluding carboxylic acids is 1. The smallest absolute Gasteiger partial charge is 0.317 e. The van der Waals surface area contributed by atoms with Crippen molar-refractivity contribution in [1.82, 2.24) is 10.2 Å². The number of hydrogen-bond acceptors (Lipinski definition) is 2. The third-order valence-corrected chi connectivity index (χ3v) is 3.82. The first-order chi connectivity index (χ1) is 8.11. The van der Waals surface area contributed by atoms with Crippen LogP contribution in [0.5, 0.6) is 0 Å². The van der Waals surface area contributed by atoms with E-state index in [0.29, 0.717) is 0 Å². The Morgan fingerprint density at radius 1 is 1.12 bits per heavy atom. The van der Waals surface area contributed by atoms with Gasteiger partial charge in [0.05, 0.1) is 12.0 Å². The van der Waals surface area contributed by atoms with E-state index in [4.69, 9.17) is 5.11 Å². The average Bonchev–Trinajstić information content (AvgIpc) is 2.86. The number of carbonyl (C=O) groups is 2. The molecule has 0 aromatic heterocycles. The highest BCUT2D eigenvalue weighted by molar-refractivity contribution is 5.77. The number of urea groups is 1. The summed E-state index contributed by atoms with van der Waals surface area (Å²) < 4.78 is 0. The SMILES string of the molecule is O=C(O)CC1(NC(=O)N2CCCC2)CCCC1. The summed E-state index contributed by atoms with van der Waals surface area (Å²) in [6, 6.07) is -0.0781. The van der Waals surface area contributed by atoms with Crippen LogP contribution in [0.4, 0.5) is 4.79 Å². The highest BCUT2D eigenvalue weighted by Crippen LogP contribution is 2.33. The summed E-state index contributed by atoms with van der Waals surface area (Å²) in [7, 11) is 0. The second kappa shape index (κ2) is 4.94. The molecule has 17 heavy (non-hydrogen) atoms. The van der Waals surface area contributed by atoms with Crippen LogP contribution in [0.15, 0.2) is 0 Å². The van der Waals surface area contributed by atoms with Gasteiger partial charge in [0.15, 0.2) is 0 Å². The van der Waals surface area contributed by atoms with E-state index in [1.165, 1.54) is 0 Å². The van der Waals surface area contributed by atoms with Gasteiger partial charge in [0.25, 0.3) is 0 Å². The highest BCUT2D eigenvalue weighted by atomic mass is 16.4. The topological polar surface area (TPSA) is 69.6 Å². The van der Waals surface area contributed by atoms with Crippen LogP contribution in [0, 0.1) is 0 Å². The molecule has 0 unspecified atom stereocenters. The number of amides is 2. The van der Waals surface area contributed by atoms with Gasteiger partial charge in [-0.2, -0.15) is 0 Å². The van der Waals surface area contributed by atoms with Gasteiger partial charge in [0.1, 0.15) is 0 Å². The van der Waals surface area contributed by atoms with Crippen LogP contribution in [0.1, 0.15) is 44.9 Å². The maximum Gasteiger partial charge on any atom is 0.317 e. The van der Waals surface area contributed by atoms with E-state index in [2.05, 4.69) is 5.32 Å². The largest absolute Gasteiger partial charge is 0.481 e. The molecular weight excluding hydrogens is 220 g/mol. The molecule has 5 nitrogen and oxygen atoms in total. The molecule has 0 atom stereocenters. The lowest BCUT2D eigenvalue weighted by Gasteiger charge is -2.31. The molecule has 0 bridgehead atoms. The summed E-state index contributed by atoms with van der Waals surface area (Å²) >= 11 is 0. The summed E-state index contributed by atoms with van der Waals surface area (Å²) in [4.78, 5) is 24.7. The van der Waals surface area contributed by atoms with Crippen LogP contribution in [-0.4, -0.2) is 40.6 Å². The summed E-state index contributed by atoms with van der Waals surface area (Å²) in [5.41, 5.74) is -0.495. The first-order valence-electron chi connectivity index (χ1n) is 6.40. The molecule has 96 valence electrons. The molecule has 1 aliphatic carbocycles. The number of likely N-dealkylation sites (tertiary alicyclic amines) is 1. The molecule has 2 fully saturated rings. The Morgan fingerprint density at radius 2 is 1.71 bits per heavy atom. The van der Waals surface area contributed by atoms with Crippen molar-refractivity contribution >= 4 is 12.0 Å². The maximum absolute atomic E-state index is 12.0. The van der Waals surface area contributed by atoms with Gasteiger partial charge in [-0.25, -0.2) is 4.79 Å². The number of carboxylic acids is 1. The Hall–Kier alpha value is -1.26. The average molecular weight is 240 g/mol. The number of nitrogens with zero attached hydrogens (tertiary/aromatic N) is 1. The number of hydrogen-bond donors (Lipinski definition) is 2. The Labute approximate surface area is 101 Å². The summed E-state index contributed by atoms with van der Waals surface area (Å²) in [5, 5.41) is 11.9. The first-order valence-corrected chi connectivity index (χ1v) is 6.40. The molecule has 2 N–H and O–H groups in total. The predicted molar refractivity (Wildman–Crippen MR) is 62.8 cm³/mol. The fourth-order valence-electron chi connectivity index (χ4n) is 2.91. The normalized spacial score (nSPS) is 22.7. The minimum absolute atomic E-state index is 0.0482. The lowest BCUT2D eigenvalue weighted by molar-refractivity contribution is -0.138. The Morgan fingerprint density at radius 3 is 2.24 bits per heavy atom. The van der Waals surface area contributed by atoms with Crippen molar-refractivity contribution in [2.75, 3.05) is 13.1 Å². The van der Waals surface area contributed by atoms with Gasteiger partial charge in [0, 0.05) is 13.1 Å². The van der Waals surface area contributed by atoms with Crippen molar-refractivity contribution in [3.8, 4) is 0 Å². The van der Waals surface area contributed by atoms with Crippen molar-refractivity contribution in [1.29, 1.82) is 0 Å². The minimum atomic E-state index is -0.825. The maximum atomic E-state index is 12.0. The first kappa shape index (κ1) is 12.2. The molecule has 0 spiro atoms. The molecule has 1 heterocycles. The number of nitrogens with one attached hydrogen (secondary N) is 1. The third kappa shape index (κ3) is 2.90. The van der Waals surface area contributed by atoms with Crippen LogP contribution >= 0.6 is 0 Å². The molecule has 0 radical (unpaired) electrons. The molecule has 5 heteroatoms. The Kier molecular flexibility index (Phi) is 3.54. The van der Waals surface area contributed by atoms with Crippen LogP contribution in [0.25, 0.3) is 0 Å². The summed E-state index contributed by atoms with van der Waals surface area (Å²) in [5.74, 6) is -0.825. The monoisotopic (exact) mass is 240 g/mol. The number of aliphatic carboxylic acids is 1. The van der Waals surface area contributed by atoms with Gasteiger partial charge in [0.2, 0.25) is 0 Å². The zero-order valence-electron chi connectivity index (χ0n) is 10.1. The Bertz CT molecular complexity index is 305.